The number of aromatic nitrogens is 4. The van der Waals surface area contributed by atoms with E-state index in [9.17, 15) is 4.79 Å². The first-order valence-electron chi connectivity index (χ1n) is 8.10. The Bertz CT molecular complexity index is 878. The first kappa shape index (κ1) is 17.6. The average Bonchev–Trinajstić information content (AvgIpc) is 3.16. The lowest BCUT2D eigenvalue weighted by molar-refractivity contribution is 0.186. The van der Waals surface area contributed by atoms with Gasteiger partial charge in [0, 0.05) is 6.07 Å². The quantitative estimate of drug-likeness (QED) is 0.728. The zero-order chi connectivity index (χ0) is 18.5. The molecular formula is C18H19N5O3. The lowest BCUT2D eigenvalue weighted by Gasteiger charge is -2.13. The van der Waals surface area contributed by atoms with Crippen molar-refractivity contribution in [1.82, 2.24) is 25.5 Å². The summed E-state index contributed by atoms with van der Waals surface area (Å²) in [6.45, 7) is 3.52. The molecular weight excluding hydrogens is 334 g/mol. The van der Waals surface area contributed by atoms with E-state index < -0.39 is 12.1 Å². The molecule has 2 N–H and O–H groups in total. The minimum Gasteiger partial charge on any atom is -0.410 e. The maximum absolute atomic E-state index is 12.0. The van der Waals surface area contributed by atoms with Crippen LogP contribution in [0.1, 0.15) is 12.5 Å². The minimum atomic E-state index is -0.643. The molecule has 1 amide bonds. The number of carbonyl (C=O) groups is 1. The molecule has 0 saturated carbocycles. The number of hydrogen-bond donors (Lipinski definition) is 2. The molecule has 134 valence electrons. The lowest BCUT2D eigenvalue weighted by atomic mass is 10.0. The van der Waals surface area contributed by atoms with Gasteiger partial charge in [0.25, 0.3) is 0 Å². The highest BCUT2D eigenvalue weighted by atomic mass is 16.6. The molecule has 0 saturated heterocycles. The van der Waals surface area contributed by atoms with Crippen LogP contribution in [0.5, 0.6) is 5.75 Å². The third kappa shape index (κ3) is 4.22. The van der Waals surface area contributed by atoms with Crippen LogP contribution >= 0.6 is 0 Å². The van der Waals surface area contributed by atoms with Gasteiger partial charge in [-0.15, -0.1) is 5.10 Å². The zero-order valence-corrected chi connectivity index (χ0v) is 14.5. The van der Waals surface area contributed by atoms with Crippen molar-refractivity contribution in [2.45, 2.75) is 19.9 Å². The summed E-state index contributed by atoms with van der Waals surface area (Å²) in [6, 6.07) is 12.9. The summed E-state index contributed by atoms with van der Waals surface area (Å²) in [7, 11) is 0. The zero-order valence-electron chi connectivity index (χ0n) is 14.5. The molecule has 1 unspecified atom stereocenters. The van der Waals surface area contributed by atoms with E-state index in [0.717, 1.165) is 16.7 Å². The summed E-state index contributed by atoms with van der Waals surface area (Å²) in [4.78, 5) is 12.0. The summed E-state index contributed by atoms with van der Waals surface area (Å²) in [5.74, 6) is 0.344. The van der Waals surface area contributed by atoms with Gasteiger partial charge in [-0.3, -0.25) is 0 Å². The van der Waals surface area contributed by atoms with Gasteiger partial charge in [-0.1, -0.05) is 29.8 Å². The van der Waals surface area contributed by atoms with Crippen molar-refractivity contribution < 1.29 is 14.6 Å². The van der Waals surface area contributed by atoms with E-state index in [0.29, 0.717) is 11.4 Å². The van der Waals surface area contributed by atoms with Crippen LogP contribution < -0.4 is 10.1 Å². The fourth-order valence-corrected chi connectivity index (χ4v) is 2.35. The highest BCUT2D eigenvalue weighted by Gasteiger charge is 2.12. The van der Waals surface area contributed by atoms with Crippen LogP contribution in [0.2, 0.25) is 0 Å². The van der Waals surface area contributed by atoms with Crippen molar-refractivity contribution in [3.05, 3.63) is 54.4 Å². The molecule has 0 aliphatic heterocycles. The molecule has 0 spiro atoms. The molecule has 3 aromatic rings. The largest absolute Gasteiger partial charge is 0.412 e. The number of rotatable bonds is 5. The molecule has 1 atom stereocenters. The fraction of sp³-hybridized carbons (Fsp3) is 0.222. The third-order valence-corrected chi connectivity index (χ3v) is 3.74. The van der Waals surface area contributed by atoms with Gasteiger partial charge in [-0.25, -0.2) is 9.48 Å². The second kappa shape index (κ2) is 7.75. The number of amides is 1. The van der Waals surface area contributed by atoms with E-state index in [2.05, 4.69) is 20.8 Å². The van der Waals surface area contributed by atoms with Crippen LogP contribution in [-0.4, -0.2) is 44.1 Å². The summed E-state index contributed by atoms with van der Waals surface area (Å²) in [6.07, 6.45) is 0.821. The minimum absolute atomic E-state index is 0.172. The Labute approximate surface area is 150 Å². The number of ether oxygens (including phenoxy) is 1. The first-order chi connectivity index (χ1) is 12.5. The van der Waals surface area contributed by atoms with Gasteiger partial charge in [0.2, 0.25) is 0 Å². The lowest BCUT2D eigenvalue weighted by Crippen LogP contribution is -2.37. The topological polar surface area (TPSA) is 102 Å². The highest BCUT2D eigenvalue weighted by Crippen LogP contribution is 2.28. The molecule has 3 rings (SSSR count). The van der Waals surface area contributed by atoms with Crippen molar-refractivity contribution in [3.63, 3.8) is 0 Å². The molecule has 1 aromatic heterocycles. The van der Waals surface area contributed by atoms with Crippen molar-refractivity contribution in [2.24, 2.45) is 0 Å². The maximum atomic E-state index is 12.0. The molecule has 0 bridgehead atoms. The Hall–Kier alpha value is -3.26. The van der Waals surface area contributed by atoms with Crippen LogP contribution in [0, 0.1) is 6.92 Å². The second-order valence-corrected chi connectivity index (χ2v) is 5.95. The molecule has 26 heavy (non-hydrogen) atoms. The van der Waals surface area contributed by atoms with Gasteiger partial charge in [0.05, 0.1) is 18.3 Å². The maximum Gasteiger partial charge on any atom is 0.412 e. The van der Waals surface area contributed by atoms with Crippen LogP contribution in [0.25, 0.3) is 16.8 Å². The molecule has 8 heteroatoms. The SMILES string of the molecule is Cc1ccc(-c2cc(OC(=O)NC(C)CO)cc(-n3cnnn3)c2)cc1. The van der Waals surface area contributed by atoms with Gasteiger partial charge in [-0.05, 0) is 47.5 Å². The van der Waals surface area contributed by atoms with Crippen LogP contribution in [0.4, 0.5) is 4.79 Å². The number of aliphatic hydroxyl groups excluding tert-OH is 1. The van der Waals surface area contributed by atoms with Gasteiger partial charge in [0.15, 0.2) is 0 Å². The van der Waals surface area contributed by atoms with Gasteiger partial charge >= 0.3 is 6.09 Å². The van der Waals surface area contributed by atoms with E-state index in [4.69, 9.17) is 9.84 Å². The number of benzene rings is 2. The Morgan fingerprint density at radius 1 is 1.23 bits per heavy atom. The van der Waals surface area contributed by atoms with E-state index in [1.165, 1.54) is 11.0 Å². The van der Waals surface area contributed by atoms with Gasteiger partial charge in [0.1, 0.15) is 12.1 Å². The summed E-state index contributed by atoms with van der Waals surface area (Å²) < 4.78 is 6.85. The molecule has 1 heterocycles. The number of hydrogen-bond acceptors (Lipinski definition) is 6. The van der Waals surface area contributed by atoms with E-state index >= 15 is 0 Å². The molecule has 2 aromatic carbocycles. The number of nitrogens with one attached hydrogen (secondary N) is 1. The monoisotopic (exact) mass is 353 g/mol. The molecule has 0 aliphatic rings. The molecule has 8 nitrogen and oxygen atoms in total. The predicted octanol–water partition coefficient (Wildman–Crippen LogP) is 2.11. The first-order valence-corrected chi connectivity index (χ1v) is 8.10. The molecule has 0 fully saturated rings. The van der Waals surface area contributed by atoms with E-state index in [-0.39, 0.29) is 6.61 Å². The molecule has 0 radical (unpaired) electrons. The van der Waals surface area contributed by atoms with Gasteiger partial charge in [-0.2, -0.15) is 0 Å². The summed E-state index contributed by atoms with van der Waals surface area (Å²) >= 11 is 0. The Morgan fingerprint density at radius 2 is 2.00 bits per heavy atom. The van der Waals surface area contributed by atoms with Crippen LogP contribution in [-0.2, 0) is 0 Å². The number of carbonyl (C=O) groups excluding carboxylic acids is 1. The number of aliphatic hydroxyl groups is 1. The van der Waals surface area contributed by atoms with Crippen molar-refractivity contribution in [3.8, 4) is 22.6 Å². The number of tetrazole rings is 1. The van der Waals surface area contributed by atoms with Crippen molar-refractivity contribution >= 4 is 6.09 Å². The van der Waals surface area contributed by atoms with Crippen LogP contribution in [0.3, 0.4) is 0 Å². The third-order valence-electron chi connectivity index (χ3n) is 3.74. The number of aryl methyl sites for hydroxylation is 1. The van der Waals surface area contributed by atoms with Crippen LogP contribution in [0.15, 0.2) is 48.8 Å². The second-order valence-electron chi connectivity index (χ2n) is 5.95. The van der Waals surface area contributed by atoms with Gasteiger partial charge < -0.3 is 15.2 Å². The Morgan fingerprint density at radius 3 is 2.65 bits per heavy atom. The van der Waals surface area contributed by atoms with Crippen molar-refractivity contribution in [1.29, 1.82) is 0 Å². The number of nitrogens with zero attached hydrogens (tertiary/aromatic N) is 4. The fourth-order valence-electron chi connectivity index (χ4n) is 2.35. The summed E-state index contributed by atoms with van der Waals surface area (Å²) in [5, 5.41) is 22.7. The normalized spacial score (nSPS) is 11.8. The highest BCUT2D eigenvalue weighted by molar-refractivity contribution is 5.74. The standard InChI is InChI=1S/C18H19N5O3/c1-12-3-5-14(6-4-12)15-7-16(23-11-19-21-22-23)9-17(8-15)26-18(25)20-13(2)10-24/h3-9,11,13,24H,10H2,1-2H3,(H,20,25). The predicted molar refractivity (Wildman–Crippen MR) is 95.0 cm³/mol. The van der Waals surface area contributed by atoms with E-state index in [1.807, 2.05) is 37.3 Å². The molecule has 0 aliphatic carbocycles. The van der Waals surface area contributed by atoms with E-state index in [1.54, 1.807) is 19.1 Å². The van der Waals surface area contributed by atoms with Crippen molar-refractivity contribution in [2.75, 3.05) is 6.61 Å². The average molecular weight is 353 g/mol. The summed E-state index contributed by atoms with van der Waals surface area (Å²) in [5.41, 5.74) is 3.64. The Balaban J connectivity index is 1.95. The Kier molecular flexibility index (Phi) is 5.23. The smallest absolute Gasteiger partial charge is 0.410 e.